The molecule has 0 aliphatic carbocycles. The molecule has 2 N–H and O–H groups in total. The van der Waals surface area contributed by atoms with E-state index in [1.807, 2.05) is 0 Å². The van der Waals surface area contributed by atoms with Gasteiger partial charge in [0.15, 0.2) is 5.65 Å². The number of ether oxygens (including phenoxy) is 1. The topological polar surface area (TPSA) is 78.3 Å². The molecule has 0 spiro atoms. The van der Waals surface area contributed by atoms with E-state index in [0.29, 0.717) is 11.5 Å². The second-order valence-corrected chi connectivity index (χ2v) is 2.19. The van der Waals surface area contributed by atoms with Crippen molar-refractivity contribution in [2.24, 2.45) is 0 Å². The molecule has 2 rings (SSSR count). The fourth-order valence-corrected chi connectivity index (χ4v) is 0.948. The quantitative estimate of drug-likeness (QED) is 0.628. The van der Waals surface area contributed by atoms with Crippen LogP contribution in [0.3, 0.4) is 0 Å². The van der Waals surface area contributed by atoms with Gasteiger partial charge in [0.2, 0.25) is 11.8 Å². The molecule has 62 valence electrons. The first-order chi connectivity index (χ1) is 5.81. The SMILES string of the molecule is COc1cncc2nc(N)nn12. The Morgan fingerprint density at radius 3 is 3.08 bits per heavy atom. The van der Waals surface area contributed by atoms with Gasteiger partial charge in [0, 0.05) is 0 Å². The Balaban J connectivity index is 2.78. The summed E-state index contributed by atoms with van der Waals surface area (Å²) in [5.74, 6) is 0.720. The molecule has 0 aliphatic heterocycles. The van der Waals surface area contributed by atoms with Crippen LogP contribution < -0.4 is 10.5 Å². The van der Waals surface area contributed by atoms with Gasteiger partial charge in [-0.05, 0) is 0 Å². The van der Waals surface area contributed by atoms with Crippen LogP contribution in [0.5, 0.6) is 5.88 Å². The van der Waals surface area contributed by atoms with Crippen molar-refractivity contribution in [2.75, 3.05) is 12.8 Å². The number of aromatic nitrogens is 4. The molecular weight excluding hydrogens is 158 g/mol. The van der Waals surface area contributed by atoms with Crippen LogP contribution in [0.4, 0.5) is 5.95 Å². The van der Waals surface area contributed by atoms with Crippen LogP contribution in [0, 0.1) is 0 Å². The summed E-state index contributed by atoms with van der Waals surface area (Å²) in [5, 5.41) is 3.90. The van der Waals surface area contributed by atoms with Gasteiger partial charge < -0.3 is 10.5 Å². The Bertz CT molecular complexity index is 409. The largest absolute Gasteiger partial charge is 0.480 e. The molecule has 0 aliphatic rings. The number of nitrogens with two attached hydrogens (primary N) is 1. The van der Waals surface area contributed by atoms with E-state index < -0.39 is 0 Å². The first kappa shape index (κ1) is 6.84. The third-order valence-corrected chi connectivity index (χ3v) is 1.44. The minimum atomic E-state index is 0.210. The second-order valence-electron chi connectivity index (χ2n) is 2.19. The summed E-state index contributed by atoms with van der Waals surface area (Å²) in [4.78, 5) is 7.80. The number of hydrogen-bond acceptors (Lipinski definition) is 5. The minimum absolute atomic E-state index is 0.210. The van der Waals surface area contributed by atoms with Gasteiger partial charge in [-0.2, -0.15) is 9.50 Å². The van der Waals surface area contributed by atoms with E-state index in [9.17, 15) is 0 Å². The van der Waals surface area contributed by atoms with E-state index >= 15 is 0 Å². The van der Waals surface area contributed by atoms with Gasteiger partial charge in [0.25, 0.3) is 0 Å². The smallest absolute Gasteiger partial charge is 0.240 e. The van der Waals surface area contributed by atoms with Crippen LogP contribution in [-0.2, 0) is 0 Å². The number of rotatable bonds is 1. The van der Waals surface area contributed by atoms with Crippen LogP contribution in [0.25, 0.3) is 5.65 Å². The van der Waals surface area contributed by atoms with Crippen molar-refractivity contribution < 1.29 is 4.74 Å². The van der Waals surface area contributed by atoms with E-state index in [2.05, 4.69) is 15.1 Å². The van der Waals surface area contributed by atoms with Crippen LogP contribution in [-0.4, -0.2) is 26.7 Å². The zero-order valence-corrected chi connectivity index (χ0v) is 6.43. The minimum Gasteiger partial charge on any atom is -0.480 e. The summed E-state index contributed by atoms with van der Waals surface area (Å²) < 4.78 is 6.47. The van der Waals surface area contributed by atoms with Crippen molar-refractivity contribution in [1.29, 1.82) is 0 Å². The molecule has 0 fully saturated rings. The third kappa shape index (κ3) is 0.849. The maximum absolute atomic E-state index is 5.39. The second kappa shape index (κ2) is 2.33. The van der Waals surface area contributed by atoms with Crippen molar-refractivity contribution in [2.45, 2.75) is 0 Å². The highest BCUT2D eigenvalue weighted by Gasteiger charge is 2.04. The van der Waals surface area contributed by atoms with Crippen LogP contribution in [0.1, 0.15) is 0 Å². The molecule has 0 unspecified atom stereocenters. The van der Waals surface area contributed by atoms with Crippen molar-refractivity contribution in [1.82, 2.24) is 19.6 Å². The van der Waals surface area contributed by atoms with E-state index in [1.165, 1.54) is 11.6 Å². The Morgan fingerprint density at radius 1 is 1.50 bits per heavy atom. The number of anilines is 1. The molecule has 2 heterocycles. The van der Waals surface area contributed by atoms with Crippen LogP contribution >= 0.6 is 0 Å². The molecule has 0 amide bonds. The van der Waals surface area contributed by atoms with E-state index in [0.717, 1.165) is 0 Å². The van der Waals surface area contributed by atoms with Crippen molar-refractivity contribution in [3.63, 3.8) is 0 Å². The Kier molecular flexibility index (Phi) is 1.33. The van der Waals surface area contributed by atoms with Crippen molar-refractivity contribution >= 4 is 11.6 Å². The maximum Gasteiger partial charge on any atom is 0.240 e. The predicted octanol–water partition coefficient (Wildman–Crippen LogP) is -0.285. The molecular formula is C6H7N5O. The molecule has 0 saturated heterocycles. The molecule has 0 radical (unpaired) electrons. The zero-order chi connectivity index (χ0) is 8.55. The van der Waals surface area contributed by atoms with E-state index in [-0.39, 0.29) is 5.95 Å². The van der Waals surface area contributed by atoms with Gasteiger partial charge in [-0.15, -0.1) is 5.10 Å². The molecule has 0 saturated carbocycles. The highest BCUT2D eigenvalue weighted by molar-refractivity contribution is 5.41. The lowest BCUT2D eigenvalue weighted by Gasteiger charge is -1.98. The fraction of sp³-hybridized carbons (Fsp3) is 0.167. The number of nitrogen functional groups attached to an aromatic ring is 1. The molecule has 6 nitrogen and oxygen atoms in total. The molecule has 6 heteroatoms. The normalized spacial score (nSPS) is 10.4. The Hall–Kier alpha value is -1.85. The summed E-state index contributed by atoms with van der Waals surface area (Å²) in [5.41, 5.74) is 5.96. The lowest BCUT2D eigenvalue weighted by atomic mass is 10.7. The summed E-state index contributed by atoms with van der Waals surface area (Å²) in [6.07, 6.45) is 3.10. The maximum atomic E-state index is 5.39. The summed E-state index contributed by atoms with van der Waals surface area (Å²) in [6, 6.07) is 0. The molecule has 0 aromatic carbocycles. The first-order valence-electron chi connectivity index (χ1n) is 3.31. The van der Waals surface area contributed by atoms with Crippen LogP contribution in [0.15, 0.2) is 12.4 Å². The fourth-order valence-electron chi connectivity index (χ4n) is 0.948. The lowest BCUT2D eigenvalue weighted by Crippen LogP contribution is -1.96. The Labute approximate surface area is 68.0 Å². The van der Waals surface area contributed by atoms with Gasteiger partial charge in [-0.25, -0.2) is 0 Å². The zero-order valence-electron chi connectivity index (χ0n) is 6.43. The standard InChI is InChI=1S/C6H7N5O/c1-12-5-3-8-2-4-9-6(7)10-11(4)5/h2-3H,1H3,(H2,7,10). The van der Waals surface area contributed by atoms with Crippen molar-refractivity contribution in [3.05, 3.63) is 12.4 Å². The molecule has 2 aromatic heterocycles. The van der Waals surface area contributed by atoms with Crippen LogP contribution in [0.2, 0.25) is 0 Å². The van der Waals surface area contributed by atoms with E-state index in [4.69, 9.17) is 10.5 Å². The number of nitrogens with zero attached hydrogens (tertiary/aromatic N) is 4. The molecule has 0 bridgehead atoms. The predicted molar refractivity (Wildman–Crippen MR) is 41.7 cm³/mol. The lowest BCUT2D eigenvalue weighted by molar-refractivity contribution is 0.383. The number of methoxy groups -OCH3 is 1. The molecule has 12 heavy (non-hydrogen) atoms. The van der Waals surface area contributed by atoms with Crippen molar-refractivity contribution in [3.8, 4) is 5.88 Å². The molecule has 2 aromatic rings. The van der Waals surface area contributed by atoms with E-state index in [1.54, 1.807) is 12.4 Å². The van der Waals surface area contributed by atoms with Gasteiger partial charge in [0.05, 0.1) is 19.5 Å². The monoisotopic (exact) mass is 165 g/mol. The highest BCUT2D eigenvalue weighted by Crippen LogP contribution is 2.10. The summed E-state index contributed by atoms with van der Waals surface area (Å²) >= 11 is 0. The average Bonchev–Trinajstić information content (AvgIpc) is 2.44. The number of fused-ring (bicyclic) bond motifs is 1. The van der Waals surface area contributed by atoms with Gasteiger partial charge >= 0.3 is 0 Å². The third-order valence-electron chi connectivity index (χ3n) is 1.44. The van der Waals surface area contributed by atoms with Gasteiger partial charge in [0.1, 0.15) is 0 Å². The Morgan fingerprint density at radius 2 is 2.33 bits per heavy atom. The first-order valence-corrected chi connectivity index (χ1v) is 3.31. The van der Waals surface area contributed by atoms with Gasteiger partial charge in [-0.1, -0.05) is 0 Å². The molecule has 0 atom stereocenters. The summed E-state index contributed by atoms with van der Waals surface area (Å²) in [7, 11) is 1.54. The summed E-state index contributed by atoms with van der Waals surface area (Å²) in [6.45, 7) is 0. The number of hydrogen-bond donors (Lipinski definition) is 1. The average molecular weight is 165 g/mol. The van der Waals surface area contributed by atoms with Gasteiger partial charge in [-0.3, -0.25) is 4.98 Å². The highest BCUT2D eigenvalue weighted by atomic mass is 16.5.